The molecule has 1 fully saturated rings. The Hall–Kier alpha value is -1.59. The van der Waals surface area contributed by atoms with Crippen LogP contribution in [0.3, 0.4) is 0 Å². The van der Waals surface area contributed by atoms with E-state index in [4.69, 9.17) is 20.6 Å². The summed E-state index contributed by atoms with van der Waals surface area (Å²) in [6.45, 7) is 3.22. The predicted molar refractivity (Wildman–Crippen MR) is 74.8 cm³/mol. The first kappa shape index (κ1) is 13.8. The van der Waals surface area contributed by atoms with Crippen molar-refractivity contribution in [2.75, 3.05) is 33.4 Å². The van der Waals surface area contributed by atoms with Gasteiger partial charge >= 0.3 is 0 Å². The fourth-order valence-corrected chi connectivity index (χ4v) is 2.08. The normalized spacial score (nSPS) is 20.2. The molecule has 104 valence electrons. The summed E-state index contributed by atoms with van der Waals surface area (Å²) in [6.07, 6.45) is 0.618. The van der Waals surface area contributed by atoms with Gasteiger partial charge in [-0.1, -0.05) is 12.1 Å². The third-order valence-electron chi connectivity index (χ3n) is 3.10. The van der Waals surface area contributed by atoms with Crippen LogP contribution in [0.4, 0.5) is 0 Å². The fourth-order valence-electron chi connectivity index (χ4n) is 2.08. The van der Waals surface area contributed by atoms with Gasteiger partial charge in [-0.2, -0.15) is 0 Å². The number of ether oxygens (including phenoxy) is 2. The summed E-state index contributed by atoms with van der Waals surface area (Å²) in [4.78, 5) is 2.24. The summed E-state index contributed by atoms with van der Waals surface area (Å²) in [5.41, 5.74) is 6.38. The molecule has 3 N–H and O–H groups in total. The molecule has 0 aliphatic carbocycles. The van der Waals surface area contributed by atoms with Crippen LogP contribution in [-0.2, 0) is 11.2 Å². The van der Waals surface area contributed by atoms with Crippen molar-refractivity contribution < 1.29 is 9.47 Å². The standard InChI is InChI=1S/C14H21N3O2/c1-17-6-7-18-13(9-17)10-19-12-4-2-11(3-5-12)8-14(15)16/h2-5,13H,6-10H2,1H3,(H3,15,16). The Kier molecular flexibility index (Phi) is 4.76. The van der Waals surface area contributed by atoms with E-state index in [-0.39, 0.29) is 11.9 Å². The molecular formula is C14H21N3O2. The van der Waals surface area contributed by atoms with Crippen LogP contribution in [0.15, 0.2) is 24.3 Å². The van der Waals surface area contributed by atoms with Gasteiger partial charge in [0.05, 0.1) is 12.4 Å². The molecule has 2 rings (SSSR count). The van der Waals surface area contributed by atoms with Crippen LogP contribution in [0.5, 0.6) is 5.75 Å². The quantitative estimate of drug-likeness (QED) is 0.611. The molecule has 1 aromatic rings. The molecule has 1 atom stereocenters. The number of nitrogens with one attached hydrogen (secondary N) is 1. The Morgan fingerprint density at radius 2 is 2.21 bits per heavy atom. The van der Waals surface area contributed by atoms with Crippen molar-refractivity contribution in [1.29, 1.82) is 5.41 Å². The number of morpholine rings is 1. The number of likely N-dealkylation sites (N-methyl/N-ethyl adjacent to an activating group) is 1. The van der Waals surface area contributed by atoms with Crippen LogP contribution in [0.1, 0.15) is 5.56 Å². The molecule has 5 nitrogen and oxygen atoms in total. The zero-order valence-electron chi connectivity index (χ0n) is 11.3. The van der Waals surface area contributed by atoms with Crippen molar-refractivity contribution >= 4 is 5.84 Å². The van der Waals surface area contributed by atoms with E-state index in [0.717, 1.165) is 31.0 Å². The Morgan fingerprint density at radius 3 is 2.84 bits per heavy atom. The summed E-state index contributed by atoms with van der Waals surface area (Å²) in [5, 5.41) is 7.24. The van der Waals surface area contributed by atoms with E-state index in [9.17, 15) is 0 Å². The second-order valence-electron chi connectivity index (χ2n) is 4.91. The number of benzene rings is 1. The summed E-state index contributed by atoms with van der Waals surface area (Å²) < 4.78 is 11.4. The molecule has 1 aliphatic rings. The van der Waals surface area contributed by atoms with Crippen molar-refractivity contribution in [1.82, 2.24) is 4.90 Å². The predicted octanol–water partition coefficient (Wildman–Crippen LogP) is 0.874. The lowest BCUT2D eigenvalue weighted by Gasteiger charge is -2.29. The highest BCUT2D eigenvalue weighted by atomic mass is 16.5. The van der Waals surface area contributed by atoms with Crippen LogP contribution in [-0.4, -0.2) is 50.2 Å². The maximum Gasteiger partial charge on any atom is 0.119 e. The van der Waals surface area contributed by atoms with Crippen LogP contribution in [0.2, 0.25) is 0 Å². The Bertz CT molecular complexity index is 419. The maximum atomic E-state index is 7.24. The first-order valence-electron chi connectivity index (χ1n) is 6.48. The molecule has 0 amide bonds. The maximum absolute atomic E-state index is 7.24. The minimum atomic E-state index is 0.135. The number of rotatable bonds is 5. The number of nitrogens with two attached hydrogens (primary N) is 1. The van der Waals surface area contributed by atoms with Crippen molar-refractivity contribution in [3.63, 3.8) is 0 Å². The van der Waals surface area contributed by atoms with E-state index in [0.29, 0.717) is 13.0 Å². The summed E-state index contributed by atoms with van der Waals surface area (Å²) >= 11 is 0. The Labute approximate surface area is 113 Å². The molecule has 0 radical (unpaired) electrons. The van der Waals surface area contributed by atoms with Crippen LogP contribution in [0.25, 0.3) is 0 Å². The van der Waals surface area contributed by atoms with E-state index in [1.165, 1.54) is 0 Å². The van der Waals surface area contributed by atoms with E-state index < -0.39 is 0 Å². The first-order valence-corrected chi connectivity index (χ1v) is 6.48. The molecule has 0 saturated carbocycles. The fraction of sp³-hybridized carbons (Fsp3) is 0.500. The molecule has 5 heteroatoms. The van der Waals surface area contributed by atoms with Gasteiger partial charge in [0.15, 0.2) is 0 Å². The van der Waals surface area contributed by atoms with E-state index >= 15 is 0 Å². The van der Waals surface area contributed by atoms with Gasteiger partial charge in [0, 0.05) is 19.5 Å². The monoisotopic (exact) mass is 263 g/mol. The van der Waals surface area contributed by atoms with Crippen molar-refractivity contribution in [2.45, 2.75) is 12.5 Å². The molecule has 0 bridgehead atoms. The van der Waals surface area contributed by atoms with Gasteiger partial charge in [-0.05, 0) is 24.7 Å². The summed E-state index contributed by atoms with van der Waals surface area (Å²) in [5.74, 6) is 0.997. The van der Waals surface area contributed by atoms with Crippen molar-refractivity contribution in [3.8, 4) is 5.75 Å². The largest absolute Gasteiger partial charge is 0.491 e. The second-order valence-corrected chi connectivity index (χ2v) is 4.91. The highest BCUT2D eigenvalue weighted by molar-refractivity contribution is 5.79. The first-order chi connectivity index (χ1) is 9.13. The van der Waals surface area contributed by atoms with Gasteiger partial charge in [-0.25, -0.2) is 0 Å². The van der Waals surface area contributed by atoms with E-state index in [1.54, 1.807) is 0 Å². The van der Waals surface area contributed by atoms with E-state index in [2.05, 4.69) is 11.9 Å². The second kappa shape index (κ2) is 6.54. The van der Waals surface area contributed by atoms with Crippen molar-refractivity contribution in [2.24, 2.45) is 5.73 Å². The molecule has 0 spiro atoms. The Morgan fingerprint density at radius 1 is 1.47 bits per heavy atom. The minimum Gasteiger partial charge on any atom is -0.491 e. The lowest BCUT2D eigenvalue weighted by molar-refractivity contribution is -0.0403. The third kappa shape index (κ3) is 4.54. The topological polar surface area (TPSA) is 71.6 Å². The number of nitrogens with zero attached hydrogens (tertiary/aromatic N) is 1. The summed E-state index contributed by atoms with van der Waals surface area (Å²) in [6, 6.07) is 7.69. The SMILES string of the molecule is CN1CCOC(COc2ccc(CC(=N)N)cc2)C1. The minimum absolute atomic E-state index is 0.135. The Balaban J connectivity index is 1.81. The van der Waals surface area contributed by atoms with E-state index in [1.807, 2.05) is 24.3 Å². The smallest absolute Gasteiger partial charge is 0.119 e. The van der Waals surface area contributed by atoms with Gasteiger partial charge in [0.25, 0.3) is 0 Å². The van der Waals surface area contributed by atoms with Gasteiger partial charge < -0.3 is 20.1 Å². The molecule has 1 aromatic carbocycles. The van der Waals surface area contributed by atoms with Crippen LogP contribution >= 0.6 is 0 Å². The van der Waals surface area contributed by atoms with Gasteiger partial charge in [-0.3, -0.25) is 5.41 Å². The number of amidine groups is 1. The molecule has 1 aliphatic heterocycles. The molecule has 19 heavy (non-hydrogen) atoms. The molecule has 1 heterocycles. The lowest BCUT2D eigenvalue weighted by atomic mass is 10.1. The zero-order chi connectivity index (χ0) is 13.7. The number of hydrogen-bond acceptors (Lipinski definition) is 4. The molecule has 1 unspecified atom stereocenters. The lowest BCUT2D eigenvalue weighted by Crippen LogP contribution is -2.42. The number of hydrogen-bond donors (Lipinski definition) is 2. The highest BCUT2D eigenvalue weighted by Gasteiger charge is 2.18. The van der Waals surface area contributed by atoms with Crippen LogP contribution < -0.4 is 10.5 Å². The average Bonchev–Trinajstić information content (AvgIpc) is 2.37. The summed E-state index contributed by atoms with van der Waals surface area (Å²) in [7, 11) is 2.09. The van der Waals surface area contributed by atoms with Crippen molar-refractivity contribution in [3.05, 3.63) is 29.8 Å². The third-order valence-corrected chi connectivity index (χ3v) is 3.10. The zero-order valence-corrected chi connectivity index (χ0v) is 11.3. The highest BCUT2D eigenvalue weighted by Crippen LogP contribution is 2.14. The molecular weight excluding hydrogens is 242 g/mol. The van der Waals surface area contributed by atoms with Gasteiger partial charge in [0.2, 0.25) is 0 Å². The molecule has 0 aromatic heterocycles. The molecule has 1 saturated heterocycles. The van der Waals surface area contributed by atoms with Gasteiger partial charge in [0.1, 0.15) is 18.5 Å². The van der Waals surface area contributed by atoms with Crippen LogP contribution in [0, 0.1) is 5.41 Å². The average molecular weight is 263 g/mol. The van der Waals surface area contributed by atoms with Gasteiger partial charge in [-0.15, -0.1) is 0 Å².